The molecule has 0 fully saturated rings. The number of halogens is 2. The molecule has 1 heterocycles. The van der Waals surface area contributed by atoms with Gasteiger partial charge in [-0.05, 0) is 30.4 Å². The number of unbranched alkanes of at least 4 members (excludes halogenated alkanes) is 7. The molecule has 0 aliphatic rings. The van der Waals surface area contributed by atoms with E-state index in [1.807, 2.05) is 0 Å². The fraction of sp³-hybridized carbons (Fsp3) is 0.778. The van der Waals surface area contributed by atoms with E-state index in [0.29, 0.717) is 5.92 Å². The van der Waals surface area contributed by atoms with E-state index < -0.39 is 0 Å². The van der Waals surface area contributed by atoms with E-state index in [4.69, 9.17) is 23.2 Å². The standard InChI is InChI=1S/C18H30Cl2S/c1-3-5-7-9-11-13-15(12-10-8-6-4-2)16-14-17(19)21-18(16)20/h14-15H,3-13H2,1-2H3. The summed E-state index contributed by atoms with van der Waals surface area (Å²) in [5, 5.41) is 0. The zero-order valence-electron chi connectivity index (χ0n) is 13.6. The minimum Gasteiger partial charge on any atom is -0.111 e. The van der Waals surface area contributed by atoms with Gasteiger partial charge in [-0.15, -0.1) is 11.3 Å². The lowest BCUT2D eigenvalue weighted by molar-refractivity contribution is 0.494. The normalized spacial score (nSPS) is 12.8. The first-order valence-corrected chi connectivity index (χ1v) is 10.2. The summed E-state index contributed by atoms with van der Waals surface area (Å²) in [5.74, 6) is 0.611. The molecule has 1 rings (SSSR count). The average Bonchev–Trinajstić information content (AvgIpc) is 2.80. The molecule has 0 aliphatic carbocycles. The van der Waals surface area contributed by atoms with Crippen LogP contribution >= 0.6 is 34.5 Å². The van der Waals surface area contributed by atoms with Crippen molar-refractivity contribution in [3.8, 4) is 0 Å². The molecule has 1 unspecified atom stereocenters. The maximum Gasteiger partial charge on any atom is 0.0978 e. The van der Waals surface area contributed by atoms with Crippen LogP contribution in [0.5, 0.6) is 0 Å². The molecule has 0 saturated heterocycles. The molecule has 122 valence electrons. The van der Waals surface area contributed by atoms with Crippen LogP contribution in [0.15, 0.2) is 6.07 Å². The molecule has 1 atom stereocenters. The lowest BCUT2D eigenvalue weighted by atomic mass is 9.90. The summed E-state index contributed by atoms with van der Waals surface area (Å²) in [4.78, 5) is 0. The number of rotatable bonds is 12. The van der Waals surface area contributed by atoms with Crippen LogP contribution in [0.1, 0.15) is 96.0 Å². The summed E-state index contributed by atoms with van der Waals surface area (Å²) >= 11 is 14.0. The lowest BCUT2D eigenvalue weighted by Crippen LogP contribution is -1.99. The topological polar surface area (TPSA) is 0 Å². The predicted molar refractivity (Wildman–Crippen MR) is 99.2 cm³/mol. The van der Waals surface area contributed by atoms with Gasteiger partial charge in [-0.2, -0.15) is 0 Å². The van der Waals surface area contributed by atoms with Gasteiger partial charge in [0.1, 0.15) is 0 Å². The molecule has 0 nitrogen and oxygen atoms in total. The van der Waals surface area contributed by atoms with Gasteiger partial charge in [-0.3, -0.25) is 0 Å². The van der Waals surface area contributed by atoms with Crippen LogP contribution in [0.3, 0.4) is 0 Å². The number of thiophene rings is 1. The van der Waals surface area contributed by atoms with Gasteiger partial charge >= 0.3 is 0 Å². The first kappa shape index (κ1) is 19.3. The fourth-order valence-electron chi connectivity index (χ4n) is 2.90. The van der Waals surface area contributed by atoms with Crippen molar-refractivity contribution in [3.05, 3.63) is 20.3 Å². The number of hydrogen-bond donors (Lipinski definition) is 0. The Balaban J connectivity index is 2.47. The molecule has 0 aliphatic heterocycles. The van der Waals surface area contributed by atoms with Gasteiger partial charge < -0.3 is 0 Å². The Morgan fingerprint density at radius 1 is 0.857 bits per heavy atom. The van der Waals surface area contributed by atoms with E-state index in [9.17, 15) is 0 Å². The fourth-order valence-corrected chi connectivity index (χ4v) is 4.52. The summed E-state index contributed by atoms with van der Waals surface area (Å²) < 4.78 is 1.74. The van der Waals surface area contributed by atoms with Gasteiger partial charge in [0, 0.05) is 0 Å². The first-order chi connectivity index (χ1) is 10.2. The minimum atomic E-state index is 0.611. The molecule has 0 saturated carbocycles. The molecule has 21 heavy (non-hydrogen) atoms. The maximum atomic E-state index is 6.38. The van der Waals surface area contributed by atoms with E-state index in [2.05, 4.69) is 19.9 Å². The van der Waals surface area contributed by atoms with Crippen molar-refractivity contribution in [2.45, 2.75) is 90.4 Å². The van der Waals surface area contributed by atoms with Crippen LogP contribution < -0.4 is 0 Å². The Morgan fingerprint density at radius 2 is 1.38 bits per heavy atom. The van der Waals surface area contributed by atoms with Gasteiger partial charge in [-0.1, -0.05) is 94.8 Å². The second-order valence-electron chi connectivity index (χ2n) is 6.03. The molecular weight excluding hydrogens is 319 g/mol. The van der Waals surface area contributed by atoms with E-state index >= 15 is 0 Å². The Labute approximate surface area is 145 Å². The van der Waals surface area contributed by atoms with E-state index in [0.717, 1.165) is 8.67 Å². The van der Waals surface area contributed by atoms with Gasteiger partial charge in [0.2, 0.25) is 0 Å². The van der Waals surface area contributed by atoms with Gasteiger partial charge in [-0.25, -0.2) is 0 Å². The molecule has 0 amide bonds. The summed E-state index contributed by atoms with van der Waals surface area (Å²) in [6, 6.07) is 2.10. The summed E-state index contributed by atoms with van der Waals surface area (Å²) in [5.41, 5.74) is 1.30. The Bertz CT molecular complexity index is 373. The maximum absolute atomic E-state index is 6.38. The minimum absolute atomic E-state index is 0.611. The van der Waals surface area contributed by atoms with E-state index in [1.54, 1.807) is 0 Å². The second-order valence-corrected chi connectivity index (χ2v) is 8.31. The van der Waals surface area contributed by atoms with E-state index in [-0.39, 0.29) is 0 Å². The molecule has 3 heteroatoms. The highest BCUT2D eigenvalue weighted by molar-refractivity contribution is 7.20. The lowest BCUT2D eigenvalue weighted by Gasteiger charge is -2.16. The van der Waals surface area contributed by atoms with Crippen LogP contribution in [-0.4, -0.2) is 0 Å². The van der Waals surface area contributed by atoms with Crippen molar-refractivity contribution < 1.29 is 0 Å². The quantitative estimate of drug-likeness (QED) is 0.332. The molecule has 0 bridgehead atoms. The van der Waals surface area contributed by atoms with Crippen molar-refractivity contribution in [2.75, 3.05) is 0 Å². The van der Waals surface area contributed by atoms with E-state index in [1.165, 1.54) is 87.5 Å². The Morgan fingerprint density at radius 3 is 1.86 bits per heavy atom. The zero-order valence-corrected chi connectivity index (χ0v) is 15.9. The van der Waals surface area contributed by atoms with Crippen molar-refractivity contribution in [2.24, 2.45) is 0 Å². The molecule has 1 aromatic rings. The molecule has 0 radical (unpaired) electrons. The Hall–Kier alpha value is 0.280. The van der Waals surface area contributed by atoms with Crippen molar-refractivity contribution in [1.82, 2.24) is 0 Å². The molecule has 1 aromatic heterocycles. The largest absolute Gasteiger partial charge is 0.111 e. The number of hydrogen-bond acceptors (Lipinski definition) is 1. The Kier molecular flexibility index (Phi) is 10.9. The molecule has 0 aromatic carbocycles. The van der Waals surface area contributed by atoms with Gasteiger partial charge in [0.15, 0.2) is 0 Å². The zero-order chi connectivity index (χ0) is 15.5. The smallest absolute Gasteiger partial charge is 0.0978 e. The highest BCUT2D eigenvalue weighted by Crippen LogP contribution is 2.40. The summed E-state index contributed by atoms with van der Waals surface area (Å²) in [7, 11) is 0. The highest BCUT2D eigenvalue weighted by atomic mass is 35.5. The third-order valence-corrected chi connectivity index (χ3v) is 5.70. The molecule has 0 spiro atoms. The van der Waals surface area contributed by atoms with Crippen LogP contribution in [0.25, 0.3) is 0 Å². The van der Waals surface area contributed by atoms with Crippen LogP contribution in [0.2, 0.25) is 8.67 Å². The SMILES string of the molecule is CCCCCCCC(CCCCCC)c1cc(Cl)sc1Cl. The summed E-state index contributed by atoms with van der Waals surface area (Å²) in [6.45, 7) is 4.53. The third-order valence-electron chi connectivity index (χ3n) is 4.19. The first-order valence-electron chi connectivity index (χ1n) is 8.63. The average molecular weight is 349 g/mol. The van der Waals surface area contributed by atoms with Gasteiger partial charge in [0.25, 0.3) is 0 Å². The third kappa shape index (κ3) is 7.90. The molecular formula is C18H30Cl2S. The van der Waals surface area contributed by atoms with Crippen molar-refractivity contribution in [3.63, 3.8) is 0 Å². The monoisotopic (exact) mass is 348 g/mol. The van der Waals surface area contributed by atoms with Crippen LogP contribution in [0, 0.1) is 0 Å². The van der Waals surface area contributed by atoms with Crippen LogP contribution in [-0.2, 0) is 0 Å². The van der Waals surface area contributed by atoms with Crippen molar-refractivity contribution >= 4 is 34.5 Å². The van der Waals surface area contributed by atoms with Gasteiger partial charge in [0.05, 0.1) is 8.67 Å². The predicted octanol–water partition coefficient (Wildman–Crippen LogP) is 8.47. The van der Waals surface area contributed by atoms with Crippen LogP contribution in [0.4, 0.5) is 0 Å². The summed E-state index contributed by atoms with van der Waals surface area (Å²) in [6.07, 6.45) is 14.6. The van der Waals surface area contributed by atoms with Crippen molar-refractivity contribution in [1.29, 1.82) is 0 Å². The second kappa shape index (κ2) is 11.8. The highest BCUT2D eigenvalue weighted by Gasteiger charge is 2.17. The molecule has 0 N–H and O–H groups in total.